The number of esters is 1. The van der Waals surface area contributed by atoms with Gasteiger partial charge in [0, 0.05) is 21.2 Å². The van der Waals surface area contributed by atoms with Crippen molar-refractivity contribution in [2.75, 3.05) is 13.7 Å². The number of thiazole rings is 1. The fraction of sp³-hybridized carbons (Fsp3) is 0.269. The smallest absolute Gasteiger partial charge is 0.338 e. The molecule has 11 heteroatoms. The summed E-state index contributed by atoms with van der Waals surface area (Å²) in [6, 6.07) is 7.28. The van der Waals surface area contributed by atoms with Gasteiger partial charge in [-0.2, -0.15) is 0 Å². The SMILES string of the molecule is CCCC1=C(C(=O)OCC)[C@@H](c2cc(Cl)ccc2OC)n2c(s/c(=C/c3cc(Cl)cc(Br)c3O)c2=O)=N1. The lowest BCUT2D eigenvalue weighted by Crippen LogP contribution is -2.40. The van der Waals surface area contributed by atoms with Crippen LogP contribution >= 0.6 is 50.5 Å². The van der Waals surface area contributed by atoms with E-state index >= 15 is 0 Å². The molecule has 0 spiro atoms. The minimum absolute atomic E-state index is 0.0535. The summed E-state index contributed by atoms with van der Waals surface area (Å²) in [4.78, 5) is 32.3. The molecule has 1 aliphatic heterocycles. The third-order valence-electron chi connectivity index (χ3n) is 5.72. The van der Waals surface area contributed by atoms with Gasteiger partial charge in [0.05, 0.1) is 34.0 Å². The van der Waals surface area contributed by atoms with Crippen molar-refractivity contribution in [3.8, 4) is 11.5 Å². The van der Waals surface area contributed by atoms with E-state index in [2.05, 4.69) is 15.9 Å². The fourth-order valence-corrected chi connectivity index (χ4v) is 6.20. The van der Waals surface area contributed by atoms with Crippen molar-refractivity contribution in [1.29, 1.82) is 0 Å². The molecule has 0 fully saturated rings. The molecule has 1 aliphatic rings. The van der Waals surface area contributed by atoms with Crippen molar-refractivity contribution in [2.45, 2.75) is 32.7 Å². The van der Waals surface area contributed by atoms with Crippen LogP contribution in [0.1, 0.15) is 43.9 Å². The van der Waals surface area contributed by atoms with Crippen LogP contribution in [0.15, 0.2) is 55.9 Å². The van der Waals surface area contributed by atoms with Crippen molar-refractivity contribution in [2.24, 2.45) is 4.99 Å². The molecule has 0 radical (unpaired) electrons. The number of allylic oxidation sites excluding steroid dienone is 1. The molecular formula is C26H23BrCl2N2O5S. The van der Waals surface area contributed by atoms with Crippen LogP contribution in [0.2, 0.25) is 10.0 Å². The number of hydrogen-bond acceptors (Lipinski definition) is 7. The van der Waals surface area contributed by atoms with Gasteiger partial charge in [-0.25, -0.2) is 9.79 Å². The maximum absolute atomic E-state index is 13.9. The topological polar surface area (TPSA) is 90.1 Å². The molecular weight excluding hydrogens is 603 g/mol. The Morgan fingerprint density at radius 3 is 2.68 bits per heavy atom. The van der Waals surface area contributed by atoms with Crippen LogP contribution in [0.25, 0.3) is 6.08 Å². The Morgan fingerprint density at radius 2 is 2.00 bits per heavy atom. The van der Waals surface area contributed by atoms with Crippen molar-refractivity contribution in [3.05, 3.63) is 86.9 Å². The second kappa shape index (κ2) is 11.4. The molecule has 0 unspecified atom stereocenters. The number of nitrogens with zero attached hydrogens (tertiary/aromatic N) is 2. The number of fused-ring (bicyclic) bond motifs is 1. The number of carbonyl (C=O) groups excluding carboxylic acids is 1. The Morgan fingerprint density at radius 1 is 1.24 bits per heavy atom. The first kappa shape index (κ1) is 27.4. The molecule has 0 aliphatic carbocycles. The van der Waals surface area contributed by atoms with Crippen molar-refractivity contribution in [1.82, 2.24) is 4.57 Å². The van der Waals surface area contributed by atoms with Crippen LogP contribution in [-0.2, 0) is 9.53 Å². The van der Waals surface area contributed by atoms with Gasteiger partial charge in [0.2, 0.25) is 0 Å². The van der Waals surface area contributed by atoms with Gasteiger partial charge < -0.3 is 14.6 Å². The summed E-state index contributed by atoms with van der Waals surface area (Å²) in [5.41, 5.74) is 1.29. The average Bonchev–Trinajstić information content (AvgIpc) is 3.16. The van der Waals surface area contributed by atoms with Crippen molar-refractivity contribution >= 4 is 62.5 Å². The predicted octanol–water partition coefficient (Wildman–Crippen LogP) is 5.36. The lowest BCUT2D eigenvalue weighted by molar-refractivity contribution is -0.139. The van der Waals surface area contributed by atoms with Crippen LogP contribution in [0.5, 0.6) is 11.5 Å². The Kier molecular flexibility index (Phi) is 8.48. The Balaban J connectivity index is 2.08. The number of carbonyl (C=O) groups is 1. The number of hydrogen-bond donors (Lipinski definition) is 1. The van der Waals surface area contributed by atoms with E-state index in [4.69, 9.17) is 37.7 Å². The van der Waals surface area contributed by atoms with Crippen molar-refractivity contribution < 1.29 is 19.4 Å². The number of phenols is 1. The van der Waals surface area contributed by atoms with Gasteiger partial charge in [0.1, 0.15) is 17.5 Å². The van der Waals surface area contributed by atoms with Crippen LogP contribution in [0.4, 0.5) is 0 Å². The van der Waals surface area contributed by atoms with Crippen LogP contribution in [0, 0.1) is 0 Å². The molecule has 1 N–H and O–H groups in total. The summed E-state index contributed by atoms with van der Waals surface area (Å²) in [5, 5.41) is 11.3. The van der Waals surface area contributed by atoms with Crippen LogP contribution in [-0.4, -0.2) is 29.4 Å². The summed E-state index contributed by atoms with van der Waals surface area (Å²) in [7, 11) is 1.51. The number of aromatic nitrogens is 1. The molecule has 0 amide bonds. The highest BCUT2D eigenvalue weighted by Crippen LogP contribution is 2.38. The average molecular weight is 626 g/mol. The van der Waals surface area contributed by atoms with E-state index in [1.165, 1.54) is 11.7 Å². The van der Waals surface area contributed by atoms with E-state index in [1.807, 2.05) is 6.92 Å². The normalized spacial score (nSPS) is 15.4. The highest BCUT2D eigenvalue weighted by Gasteiger charge is 2.36. The molecule has 37 heavy (non-hydrogen) atoms. The van der Waals surface area contributed by atoms with E-state index < -0.39 is 17.6 Å². The third kappa shape index (κ3) is 5.36. The van der Waals surface area contributed by atoms with Gasteiger partial charge in [-0.05, 0) is 65.7 Å². The largest absolute Gasteiger partial charge is 0.506 e. The van der Waals surface area contributed by atoms with E-state index in [1.54, 1.807) is 43.3 Å². The molecule has 1 atom stereocenters. The number of benzene rings is 2. The summed E-state index contributed by atoms with van der Waals surface area (Å²) in [6.45, 7) is 3.86. The number of halogens is 3. The second-order valence-corrected chi connectivity index (χ2v) is 10.9. The van der Waals surface area contributed by atoms with Gasteiger partial charge in [0.15, 0.2) is 4.80 Å². The van der Waals surface area contributed by atoms with Crippen LogP contribution < -0.4 is 19.6 Å². The lowest BCUT2D eigenvalue weighted by atomic mass is 9.93. The minimum atomic E-state index is -0.882. The highest BCUT2D eigenvalue weighted by atomic mass is 79.9. The second-order valence-electron chi connectivity index (χ2n) is 8.13. The maximum Gasteiger partial charge on any atom is 0.338 e. The summed E-state index contributed by atoms with van der Waals surface area (Å²) in [6.07, 6.45) is 2.77. The quantitative estimate of drug-likeness (QED) is 0.357. The first-order valence-electron chi connectivity index (χ1n) is 11.4. The van der Waals surface area contributed by atoms with Gasteiger partial charge in [-0.15, -0.1) is 0 Å². The molecule has 0 bridgehead atoms. The third-order valence-corrected chi connectivity index (χ3v) is 7.76. The Labute approximate surface area is 235 Å². The number of phenolic OH excluding ortho intramolecular Hbond substituents is 1. The van der Waals surface area contributed by atoms with E-state index in [0.29, 0.717) is 52.8 Å². The zero-order valence-corrected chi connectivity index (χ0v) is 24.1. The van der Waals surface area contributed by atoms with Gasteiger partial charge in [-0.3, -0.25) is 9.36 Å². The molecule has 194 valence electrons. The molecule has 7 nitrogen and oxygen atoms in total. The number of methoxy groups -OCH3 is 1. The summed E-state index contributed by atoms with van der Waals surface area (Å²) in [5.74, 6) is -0.158. The zero-order chi connectivity index (χ0) is 26.9. The lowest BCUT2D eigenvalue weighted by Gasteiger charge is -2.27. The minimum Gasteiger partial charge on any atom is -0.506 e. The zero-order valence-electron chi connectivity index (χ0n) is 20.2. The van der Waals surface area contributed by atoms with Gasteiger partial charge in [-0.1, -0.05) is 47.9 Å². The predicted molar refractivity (Wildman–Crippen MR) is 148 cm³/mol. The molecule has 3 aromatic rings. The van der Waals surface area contributed by atoms with E-state index in [0.717, 1.165) is 17.8 Å². The van der Waals surface area contributed by atoms with Gasteiger partial charge in [0.25, 0.3) is 5.56 Å². The first-order valence-corrected chi connectivity index (χ1v) is 13.8. The number of aromatic hydroxyl groups is 1. The molecule has 0 saturated heterocycles. The van der Waals surface area contributed by atoms with E-state index in [-0.39, 0.29) is 17.9 Å². The number of rotatable bonds is 7. The summed E-state index contributed by atoms with van der Waals surface area (Å²) >= 11 is 17.0. The standard InChI is InChI=1S/C26H23BrCl2N2O5S/c1-4-6-18-21(25(34)36-5-2)22(16-11-14(28)7-8-19(16)35-3)31-24(33)20(37-26(31)30-18)10-13-9-15(29)12-17(27)23(13)32/h7-12,22,32H,4-6H2,1-3H3/b20-10+/t22-/m1/s1. The van der Waals surface area contributed by atoms with Gasteiger partial charge >= 0.3 is 5.97 Å². The Bertz CT molecular complexity index is 1600. The summed E-state index contributed by atoms with van der Waals surface area (Å²) < 4.78 is 13.2. The van der Waals surface area contributed by atoms with Crippen molar-refractivity contribution in [3.63, 3.8) is 0 Å². The fourth-order valence-electron chi connectivity index (χ4n) is 4.17. The monoisotopic (exact) mass is 624 g/mol. The van der Waals surface area contributed by atoms with E-state index in [9.17, 15) is 14.7 Å². The molecule has 2 aromatic carbocycles. The molecule has 4 rings (SSSR count). The molecule has 1 aromatic heterocycles. The Hall–Kier alpha value is -2.59. The molecule has 2 heterocycles. The first-order chi connectivity index (χ1) is 17.7. The molecule has 0 saturated carbocycles. The maximum atomic E-state index is 13.9. The number of ether oxygens (including phenoxy) is 2. The highest BCUT2D eigenvalue weighted by molar-refractivity contribution is 9.10. The van der Waals surface area contributed by atoms with Crippen LogP contribution in [0.3, 0.4) is 0 Å².